The predicted octanol–water partition coefficient (Wildman–Crippen LogP) is -0.759. The maximum absolute atomic E-state index is 8.89. The summed E-state index contributed by atoms with van der Waals surface area (Å²) in [6.45, 7) is 6.40. The van der Waals surface area contributed by atoms with E-state index < -0.39 is 0 Å². The van der Waals surface area contributed by atoms with E-state index in [2.05, 4.69) is 16.8 Å². The third kappa shape index (κ3) is 2.45. The number of rotatable bonds is 3. The van der Waals surface area contributed by atoms with Crippen LogP contribution in [0.4, 0.5) is 0 Å². The first-order valence-corrected chi connectivity index (χ1v) is 5.41. The second-order valence-electron chi connectivity index (χ2n) is 4.52. The van der Waals surface area contributed by atoms with Crippen molar-refractivity contribution in [3.05, 3.63) is 0 Å². The summed E-state index contributed by atoms with van der Waals surface area (Å²) in [5.41, 5.74) is 0. The fourth-order valence-corrected chi connectivity index (χ4v) is 2.21. The van der Waals surface area contributed by atoms with Crippen LogP contribution in [0.3, 0.4) is 0 Å². The highest BCUT2D eigenvalue weighted by Gasteiger charge is 2.29. The van der Waals surface area contributed by atoms with Crippen LogP contribution < -0.4 is 0 Å². The minimum atomic E-state index is 0.335. The fourth-order valence-electron chi connectivity index (χ4n) is 2.21. The number of hydrogen-bond donors (Lipinski definition) is 1. The second-order valence-corrected chi connectivity index (χ2v) is 4.52. The number of likely N-dealkylation sites (N-methyl/N-ethyl adjacent to an activating group) is 1. The molecule has 2 aliphatic rings. The van der Waals surface area contributed by atoms with Gasteiger partial charge in [-0.05, 0) is 7.05 Å². The molecule has 0 amide bonds. The van der Waals surface area contributed by atoms with Crippen LogP contribution in [0.1, 0.15) is 0 Å². The SMILES string of the molecule is CN1CCOC(CN2CC(CO)C2)C1. The van der Waals surface area contributed by atoms with Crippen LogP contribution in [-0.4, -0.2) is 74.0 Å². The summed E-state index contributed by atoms with van der Waals surface area (Å²) in [7, 11) is 2.14. The lowest BCUT2D eigenvalue weighted by molar-refractivity contribution is -0.0574. The lowest BCUT2D eigenvalue weighted by Crippen LogP contribution is -2.54. The average Bonchev–Trinajstić information content (AvgIpc) is 2.10. The van der Waals surface area contributed by atoms with Gasteiger partial charge in [-0.25, -0.2) is 0 Å². The van der Waals surface area contributed by atoms with Gasteiger partial charge in [0.15, 0.2) is 0 Å². The Morgan fingerprint density at radius 2 is 2.14 bits per heavy atom. The molecule has 0 aromatic heterocycles. The maximum Gasteiger partial charge on any atom is 0.0829 e. The Hall–Kier alpha value is -0.160. The Morgan fingerprint density at radius 1 is 1.36 bits per heavy atom. The van der Waals surface area contributed by atoms with Gasteiger partial charge in [-0.1, -0.05) is 0 Å². The van der Waals surface area contributed by atoms with Gasteiger partial charge in [0.1, 0.15) is 0 Å². The molecule has 0 aromatic rings. The summed E-state index contributed by atoms with van der Waals surface area (Å²) in [4.78, 5) is 4.68. The van der Waals surface area contributed by atoms with Crippen molar-refractivity contribution < 1.29 is 9.84 Å². The number of nitrogens with zero attached hydrogens (tertiary/aromatic N) is 2. The van der Waals surface area contributed by atoms with Gasteiger partial charge in [-0.15, -0.1) is 0 Å². The van der Waals surface area contributed by atoms with Gasteiger partial charge in [-0.3, -0.25) is 4.90 Å². The number of morpholine rings is 1. The summed E-state index contributed by atoms with van der Waals surface area (Å²) in [5.74, 6) is 0.510. The smallest absolute Gasteiger partial charge is 0.0829 e. The molecule has 0 radical (unpaired) electrons. The number of aliphatic hydroxyl groups excluding tert-OH is 1. The third-order valence-corrected chi connectivity index (χ3v) is 3.09. The van der Waals surface area contributed by atoms with Crippen LogP contribution in [0.25, 0.3) is 0 Å². The Kier molecular flexibility index (Phi) is 3.38. The molecule has 82 valence electrons. The van der Waals surface area contributed by atoms with Gasteiger partial charge in [0.05, 0.1) is 12.7 Å². The lowest BCUT2D eigenvalue weighted by atomic mass is 10.0. The Bertz CT molecular complexity index is 183. The molecule has 0 aliphatic carbocycles. The van der Waals surface area contributed by atoms with Crippen LogP contribution in [0, 0.1) is 5.92 Å². The van der Waals surface area contributed by atoms with Gasteiger partial charge in [0, 0.05) is 45.2 Å². The Morgan fingerprint density at radius 3 is 2.79 bits per heavy atom. The zero-order valence-electron chi connectivity index (χ0n) is 8.85. The molecule has 4 nitrogen and oxygen atoms in total. The van der Waals surface area contributed by atoms with E-state index in [-0.39, 0.29) is 0 Å². The van der Waals surface area contributed by atoms with Crippen LogP contribution >= 0.6 is 0 Å². The van der Waals surface area contributed by atoms with Crippen molar-refractivity contribution in [2.24, 2.45) is 5.92 Å². The van der Waals surface area contributed by atoms with Gasteiger partial charge in [0.2, 0.25) is 0 Å². The maximum atomic E-state index is 8.89. The van der Waals surface area contributed by atoms with Crippen molar-refractivity contribution in [2.45, 2.75) is 6.10 Å². The van der Waals surface area contributed by atoms with Crippen LogP contribution in [-0.2, 0) is 4.74 Å². The molecular formula is C10H20N2O2. The van der Waals surface area contributed by atoms with E-state index in [4.69, 9.17) is 9.84 Å². The van der Waals surface area contributed by atoms with E-state index in [9.17, 15) is 0 Å². The first-order valence-electron chi connectivity index (χ1n) is 5.41. The standard InChI is InChI=1S/C10H20N2O2/c1-11-2-3-14-10(6-11)7-12-4-9(5-12)8-13/h9-10,13H,2-8H2,1H3. The van der Waals surface area contributed by atoms with Crippen molar-refractivity contribution >= 4 is 0 Å². The normalized spacial score (nSPS) is 31.7. The molecule has 1 atom stereocenters. The molecule has 0 bridgehead atoms. The quantitative estimate of drug-likeness (QED) is 0.650. The minimum absolute atomic E-state index is 0.335. The summed E-state index contributed by atoms with van der Waals surface area (Å²) >= 11 is 0. The van der Waals surface area contributed by atoms with E-state index in [1.165, 1.54) is 0 Å². The number of hydrogen-bond acceptors (Lipinski definition) is 4. The van der Waals surface area contributed by atoms with Gasteiger partial charge < -0.3 is 14.7 Å². The summed E-state index contributed by atoms with van der Waals surface area (Å²) in [5, 5.41) is 8.89. The number of likely N-dealkylation sites (tertiary alicyclic amines) is 1. The zero-order valence-corrected chi connectivity index (χ0v) is 8.85. The van der Waals surface area contributed by atoms with E-state index in [1.807, 2.05) is 0 Å². The van der Waals surface area contributed by atoms with Crippen LogP contribution in [0.15, 0.2) is 0 Å². The van der Waals surface area contributed by atoms with Crippen LogP contribution in [0.5, 0.6) is 0 Å². The molecule has 2 saturated heterocycles. The van der Waals surface area contributed by atoms with Gasteiger partial charge >= 0.3 is 0 Å². The molecule has 4 heteroatoms. The minimum Gasteiger partial charge on any atom is -0.396 e. The monoisotopic (exact) mass is 200 g/mol. The highest BCUT2D eigenvalue weighted by Crippen LogP contribution is 2.16. The van der Waals surface area contributed by atoms with Crippen molar-refractivity contribution in [2.75, 3.05) is 53.0 Å². The third-order valence-electron chi connectivity index (χ3n) is 3.09. The topological polar surface area (TPSA) is 35.9 Å². The second kappa shape index (κ2) is 4.57. The average molecular weight is 200 g/mol. The van der Waals surface area contributed by atoms with E-state index in [0.29, 0.717) is 18.6 Å². The van der Waals surface area contributed by atoms with E-state index in [1.54, 1.807) is 0 Å². The Labute approximate surface area is 85.4 Å². The van der Waals surface area contributed by atoms with E-state index >= 15 is 0 Å². The summed E-state index contributed by atoms with van der Waals surface area (Å²) < 4.78 is 5.68. The first-order chi connectivity index (χ1) is 6.78. The highest BCUT2D eigenvalue weighted by molar-refractivity contribution is 4.82. The first kappa shape index (κ1) is 10.4. The van der Waals surface area contributed by atoms with E-state index in [0.717, 1.165) is 39.3 Å². The zero-order chi connectivity index (χ0) is 9.97. The molecular weight excluding hydrogens is 180 g/mol. The van der Waals surface area contributed by atoms with Gasteiger partial charge in [-0.2, -0.15) is 0 Å². The fraction of sp³-hybridized carbons (Fsp3) is 1.00. The van der Waals surface area contributed by atoms with Crippen molar-refractivity contribution in [3.8, 4) is 0 Å². The molecule has 1 N–H and O–H groups in total. The molecule has 14 heavy (non-hydrogen) atoms. The predicted molar refractivity (Wildman–Crippen MR) is 54.3 cm³/mol. The molecule has 2 heterocycles. The molecule has 0 spiro atoms. The molecule has 1 unspecified atom stereocenters. The summed E-state index contributed by atoms with van der Waals surface area (Å²) in [6, 6.07) is 0. The Balaban J connectivity index is 1.66. The molecule has 0 aromatic carbocycles. The van der Waals surface area contributed by atoms with Crippen molar-refractivity contribution in [1.82, 2.24) is 9.80 Å². The molecule has 0 saturated carbocycles. The van der Waals surface area contributed by atoms with Crippen molar-refractivity contribution in [3.63, 3.8) is 0 Å². The van der Waals surface area contributed by atoms with Crippen LogP contribution in [0.2, 0.25) is 0 Å². The summed E-state index contributed by atoms with van der Waals surface area (Å²) in [6.07, 6.45) is 0.369. The highest BCUT2D eigenvalue weighted by atomic mass is 16.5. The molecule has 2 rings (SSSR count). The van der Waals surface area contributed by atoms with Crippen molar-refractivity contribution in [1.29, 1.82) is 0 Å². The lowest BCUT2D eigenvalue weighted by Gasteiger charge is -2.41. The van der Waals surface area contributed by atoms with Gasteiger partial charge in [0.25, 0.3) is 0 Å². The molecule has 2 fully saturated rings. The largest absolute Gasteiger partial charge is 0.396 e. The number of ether oxygens (including phenoxy) is 1. The number of aliphatic hydroxyl groups is 1. The molecule has 2 aliphatic heterocycles.